The summed E-state index contributed by atoms with van der Waals surface area (Å²) in [5, 5.41) is 19.5. The number of rotatable bonds is 5. The minimum absolute atomic E-state index is 0.166. The van der Waals surface area contributed by atoms with Gasteiger partial charge in [0.15, 0.2) is 6.10 Å². The van der Waals surface area contributed by atoms with Crippen LogP contribution < -0.4 is 5.32 Å². The van der Waals surface area contributed by atoms with Crippen LogP contribution in [0.1, 0.15) is 6.92 Å². The van der Waals surface area contributed by atoms with E-state index in [0.717, 1.165) is 0 Å². The van der Waals surface area contributed by atoms with Gasteiger partial charge >= 0.3 is 0 Å². The molecule has 2 amide bonds. The number of likely N-dealkylation sites (N-methyl/N-ethyl adjacent to an activating group) is 1. The van der Waals surface area contributed by atoms with E-state index in [9.17, 15) is 9.59 Å². The molecule has 0 aliphatic rings. The molecule has 0 bridgehead atoms. The number of carbonyl (C=O) groups is 2. The van der Waals surface area contributed by atoms with Crippen LogP contribution in [0.5, 0.6) is 0 Å². The van der Waals surface area contributed by atoms with Crippen molar-refractivity contribution in [2.45, 2.75) is 13.0 Å². The summed E-state index contributed by atoms with van der Waals surface area (Å²) in [7, 11) is 1.61. The van der Waals surface area contributed by atoms with Gasteiger partial charge in [0.25, 0.3) is 5.91 Å². The lowest BCUT2D eigenvalue weighted by atomic mass is 10.3. The average molecular weight is 204 g/mol. The Balaban J connectivity index is 3.83. The Morgan fingerprint density at radius 3 is 2.50 bits per heavy atom. The highest BCUT2D eigenvalue weighted by molar-refractivity contribution is 5.86. The van der Waals surface area contributed by atoms with Gasteiger partial charge in [0.2, 0.25) is 5.91 Å². The molecule has 0 spiro atoms. The Kier molecular flexibility index (Phi) is 5.82. The van der Waals surface area contributed by atoms with Gasteiger partial charge in [-0.2, -0.15) is 0 Å². The molecule has 0 aromatic rings. The van der Waals surface area contributed by atoms with E-state index in [1.807, 2.05) is 6.92 Å². The van der Waals surface area contributed by atoms with Gasteiger partial charge in [0.1, 0.15) is 0 Å². The monoisotopic (exact) mass is 204 g/mol. The summed E-state index contributed by atoms with van der Waals surface area (Å²) in [6.07, 6.45) is -1.46. The van der Waals surface area contributed by atoms with Crippen molar-refractivity contribution in [3.8, 4) is 0 Å². The lowest BCUT2D eigenvalue weighted by Gasteiger charge is -2.15. The van der Waals surface area contributed by atoms with Crippen LogP contribution in [0.25, 0.3) is 0 Å². The third kappa shape index (κ3) is 4.20. The van der Waals surface area contributed by atoms with Crippen LogP contribution in [0, 0.1) is 0 Å². The van der Waals surface area contributed by atoms with Crippen molar-refractivity contribution in [3.63, 3.8) is 0 Å². The van der Waals surface area contributed by atoms with E-state index in [1.54, 1.807) is 7.05 Å². The van der Waals surface area contributed by atoms with Crippen LogP contribution in [-0.4, -0.2) is 59.8 Å². The molecule has 3 N–H and O–H groups in total. The van der Waals surface area contributed by atoms with Crippen LogP contribution in [0.15, 0.2) is 0 Å². The molecule has 6 heteroatoms. The van der Waals surface area contributed by atoms with Crippen LogP contribution in [0.3, 0.4) is 0 Å². The molecule has 0 aromatic heterocycles. The Labute approximate surface area is 82.5 Å². The molecule has 14 heavy (non-hydrogen) atoms. The zero-order chi connectivity index (χ0) is 11.1. The number of carbonyl (C=O) groups excluding carboxylic acids is 2. The van der Waals surface area contributed by atoms with Gasteiger partial charge < -0.3 is 20.4 Å². The fraction of sp³-hybridized carbons (Fsp3) is 0.750. The SMILES string of the molecule is CCN(C)C(=O)CNC(=O)C(O)CO. The van der Waals surface area contributed by atoms with Gasteiger partial charge in [0.05, 0.1) is 13.2 Å². The van der Waals surface area contributed by atoms with E-state index in [2.05, 4.69) is 5.32 Å². The second-order valence-electron chi connectivity index (χ2n) is 2.82. The Bertz CT molecular complexity index is 186. The number of aliphatic hydroxyl groups excluding tert-OH is 2. The maximum atomic E-state index is 11.2. The maximum Gasteiger partial charge on any atom is 0.251 e. The third-order valence-corrected chi connectivity index (χ3v) is 1.79. The van der Waals surface area contributed by atoms with E-state index in [-0.39, 0.29) is 12.5 Å². The molecule has 0 saturated heterocycles. The summed E-state index contributed by atoms with van der Waals surface area (Å²) < 4.78 is 0. The second kappa shape index (κ2) is 6.33. The number of aliphatic hydroxyl groups is 2. The fourth-order valence-electron chi connectivity index (χ4n) is 0.675. The number of nitrogens with one attached hydrogen (secondary N) is 1. The highest BCUT2D eigenvalue weighted by atomic mass is 16.3. The van der Waals surface area contributed by atoms with Crippen molar-refractivity contribution < 1.29 is 19.8 Å². The first-order valence-electron chi connectivity index (χ1n) is 4.33. The zero-order valence-corrected chi connectivity index (χ0v) is 8.36. The Morgan fingerprint density at radius 2 is 2.07 bits per heavy atom. The van der Waals surface area contributed by atoms with Gasteiger partial charge in [-0.15, -0.1) is 0 Å². The zero-order valence-electron chi connectivity index (χ0n) is 8.36. The summed E-state index contributed by atoms with van der Waals surface area (Å²) in [5.74, 6) is -0.989. The van der Waals surface area contributed by atoms with Crippen LogP contribution in [0.4, 0.5) is 0 Å². The van der Waals surface area contributed by atoms with E-state index < -0.39 is 18.6 Å². The molecule has 82 valence electrons. The second-order valence-corrected chi connectivity index (χ2v) is 2.82. The van der Waals surface area contributed by atoms with Crippen molar-refractivity contribution in [3.05, 3.63) is 0 Å². The van der Waals surface area contributed by atoms with Crippen LogP contribution in [-0.2, 0) is 9.59 Å². The molecule has 0 radical (unpaired) electrons. The van der Waals surface area contributed by atoms with Gasteiger partial charge in [-0.1, -0.05) is 0 Å². The first-order valence-corrected chi connectivity index (χ1v) is 4.33. The van der Waals surface area contributed by atoms with Crippen LogP contribution in [0.2, 0.25) is 0 Å². The summed E-state index contributed by atoms with van der Waals surface area (Å²) in [4.78, 5) is 23.5. The molecule has 0 heterocycles. The fourth-order valence-corrected chi connectivity index (χ4v) is 0.675. The molecule has 0 saturated carbocycles. The lowest BCUT2D eigenvalue weighted by molar-refractivity contribution is -0.135. The predicted molar refractivity (Wildman–Crippen MR) is 49.4 cm³/mol. The summed E-state index contributed by atoms with van der Waals surface area (Å²) >= 11 is 0. The average Bonchev–Trinajstić information content (AvgIpc) is 2.22. The molecule has 0 aromatic carbocycles. The highest BCUT2D eigenvalue weighted by Gasteiger charge is 2.15. The number of amides is 2. The van der Waals surface area contributed by atoms with Crippen molar-refractivity contribution in [1.29, 1.82) is 0 Å². The van der Waals surface area contributed by atoms with Crippen molar-refractivity contribution >= 4 is 11.8 Å². The topological polar surface area (TPSA) is 89.9 Å². The molecule has 0 aliphatic heterocycles. The summed E-state index contributed by atoms with van der Waals surface area (Å²) in [6.45, 7) is 1.55. The van der Waals surface area contributed by atoms with E-state index in [1.165, 1.54) is 4.90 Å². The summed E-state index contributed by atoms with van der Waals surface area (Å²) in [5.41, 5.74) is 0. The Hall–Kier alpha value is -1.14. The highest BCUT2D eigenvalue weighted by Crippen LogP contribution is 1.84. The van der Waals surface area contributed by atoms with Crippen LogP contribution >= 0.6 is 0 Å². The molecule has 0 rings (SSSR count). The van der Waals surface area contributed by atoms with Crippen molar-refractivity contribution in [2.75, 3.05) is 26.7 Å². The van der Waals surface area contributed by atoms with E-state index in [4.69, 9.17) is 10.2 Å². The minimum Gasteiger partial charge on any atom is -0.393 e. The molecule has 0 fully saturated rings. The molecule has 0 aliphatic carbocycles. The predicted octanol–water partition coefficient (Wildman–Crippen LogP) is -2.07. The third-order valence-electron chi connectivity index (χ3n) is 1.79. The molecule has 1 unspecified atom stereocenters. The molecule has 6 nitrogen and oxygen atoms in total. The number of hydrogen-bond donors (Lipinski definition) is 3. The molecular weight excluding hydrogens is 188 g/mol. The first kappa shape index (κ1) is 12.9. The molecule has 1 atom stereocenters. The standard InChI is InChI=1S/C8H16N2O4/c1-3-10(2)7(13)4-9-8(14)6(12)5-11/h6,11-12H,3-5H2,1-2H3,(H,9,14). The lowest BCUT2D eigenvalue weighted by Crippen LogP contribution is -2.43. The van der Waals surface area contributed by atoms with E-state index >= 15 is 0 Å². The van der Waals surface area contributed by atoms with Gasteiger partial charge in [-0.25, -0.2) is 0 Å². The number of hydrogen-bond acceptors (Lipinski definition) is 4. The number of nitrogens with zero attached hydrogens (tertiary/aromatic N) is 1. The van der Waals surface area contributed by atoms with Gasteiger partial charge in [-0.3, -0.25) is 9.59 Å². The smallest absolute Gasteiger partial charge is 0.251 e. The van der Waals surface area contributed by atoms with Crippen molar-refractivity contribution in [2.24, 2.45) is 0 Å². The van der Waals surface area contributed by atoms with Gasteiger partial charge in [-0.05, 0) is 6.92 Å². The van der Waals surface area contributed by atoms with E-state index in [0.29, 0.717) is 6.54 Å². The largest absolute Gasteiger partial charge is 0.393 e. The maximum absolute atomic E-state index is 11.2. The van der Waals surface area contributed by atoms with Crippen molar-refractivity contribution in [1.82, 2.24) is 10.2 Å². The van der Waals surface area contributed by atoms with Gasteiger partial charge in [0, 0.05) is 13.6 Å². The summed E-state index contributed by atoms with van der Waals surface area (Å²) in [6, 6.07) is 0. The minimum atomic E-state index is -1.46. The normalized spacial score (nSPS) is 12.0. The molecular formula is C8H16N2O4. The first-order chi connectivity index (χ1) is 6.52. The quantitative estimate of drug-likeness (QED) is 0.480. The Morgan fingerprint density at radius 1 is 1.50 bits per heavy atom.